The molecule has 106 valence electrons. The molecule has 1 rings (SSSR count). The second-order valence-corrected chi connectivity index (χ2v) is 3.50. The molecule has 6 nitrogen and oxygen atoms in total. The number of hydrogen-bond acceptors (Lipinski definition) is 5. The summed E-state index contributed by atoms with van der Waals surface area (Å²) in [5, 5.41) is 0. The number of ether oxygens (including phenoxy) is 1. The fourth-order valence-corrected chi connectivity index (χ4v) is 1.03. The Bertz CT molecular complexity index is 470. The van der Waals surface area contributed by atoms with Gasteiger partial charge in [-0.25, -0.2) is 18.7 Å². The number of rotatable bonds is 6. The Labute approximate surface area is 104 Å². The molecule has 1 aromatic rings. The van der Waals surface area contributed by atoms with Crippen LogP contribution in [-0.4, -0.2) is 34.8 Å². The smallest absolute Gasteiger partial charge is 0.330 e. The van der Waals surface area contributed by atoms with Crippen LogP contribution in [0.2, 0.25) is 0 Å². The Morgan fingerprint density at radius 3 is 2.58 bits per heavy atom. The maximum atomic E-state index is 12.5. The zero-order chi connectivity index (χ0) is 14.6. The van der Waals surface area contributed by atoms with E-state index in [2.05, 4.69) is 14.7 Å². The summed E-state index contributed by atoms with van der Waals surface area (Å²) in [5.41, 5.74) is 10.2. The number of alkyl halides is 4. The van der Waals surface area contributed by atoms with Crippen LogP contribution >= 0.6 is 0 Å². The fraction of sp³-hybridized carbons (Fsp3) is 0.444. The van der Waals surface area contributed by atoms with Crippen molar-refractivity contribution in [2.24, 2.45) is 5.73 Å². The SMILES string of the molecule is NC(=O)c1cnc(COCC(F)(F)C(F)F)nc1N. The first-order chi connectivity index (χ1) is 8.74. The molecule has 0 radical (unpaired) electrons. The Hall–Kier alpha value is -1.97. The highest BCUT2D eigenvalue weighted by Crippen LogP contribution is 2.23. The summed E-state index contributed by atoms with van der Waals surface area (Å²) in [5.74, 6) is -5.48. The largest absolute Gasteiger partial charge is 0.383 e. The zero-order valence-corrected chi connectivity index (χ0v) is 9.45. The van der Waals surface area contributed by atoms with E-state index in [0.29, 0.717) is 0 Å². The lowest BCUT2D eigenvalue weighted by Crippen LogP contribution is -2.32. The third-order valence-corrected chi connectivity index (χ3v) is 1.98. The molecule has 0 saturated carbocycles. The molecule has 0 atom stereocenters. The highest BCUT2D eigenvalue weighted by atomic mass is 19.3. The van der Waals surface area contributed by atoms with Crippen molar-refractivity contribution in [1.29, 1.82) is 0 Å². The van der Waals surface area contributed by atoms with Crippen LogP contribution in [0.4, 0.5) is 23.4 Å². The summed E-state index contributed by atoms with van der Waals surface area (Å²) in [6, 6.07) is 0. The van der Waals surface area contributed by atoms with Gasteiger partial charge in [-0.2, -0.15) is 8.78 Å². The van der Waals surface area contributed by atoms with Crippen molar-refractivity contribution < 1.29 is 27.1 Å². The Morgan fingerprint density at radius 1 is 1.47 bits per heavy atom. The minimum absolute atomic E-state index is 0.132. The van der Waals surface area contributed by atoms with Crippen LogP contribution in [0.15, 0.2) is 6.20 Å². The summed E-state index contributed by atoms with van der Waals surface area (Å²) in [6.45, 7) is -2.03. The highest BCUT2D eigenvalue weighted by Gasteiger charge is 2.41. The van der Waals surface area contributed by atoms with E-state index in [0.717, 1.165) is 6.20 Å². The van der Waals surface area contributed by atoms with Gasteiger partial charge in [-0.1, -0.05) is 0 Å². The number of hydrogen-bond donors (Lipinski definition) is 2. The first-order valence-electron chi connectivity index (χ1n) is 4.89. The number of primary amides is 1. The van der Waals surface area contributed by atoms with Crippen molar-refractivity contribution in [3.8, 4) is 0 Å². The van der Waals surface area contributed by atoms with Crippen LogP contribution in [0.1, 0.15) is 16.2 Å². The molecule has 0 unspecified atom stereocenters. The van der Waals surface area contributed by atoms with E-state index in [9.17, 15) is 22.4 Å². The molecule has 4 N–H and O–H groups in total. The lowest BCUT2D eigenvalue weighted by molar-refractivity contribution is -0.168. The van der Waals surface area contributed by atoms with Crippen LogP contribution < -0.4 is 11.5 Å². The van der Waals surface area contributed by atoms with Gasteiger partial charge in [0.15, 0.2) is 5.82 Å². The predicted octanol–water partition coefficient (Wildman–Crippen LogP) is 0.575. The molecule has 0 aliphatic rings. The molecular weight excluding hydrogens is 272 g/mol. The van der Waals surface area contributed by atoms with E-state index in [-0.39, 0.29) is 17.2 Å². The van der Waals surface area contributed by atoms with Crippen LogP contribution in [0.3, 0.4) is 0 Å². The van der Waals surface area contributed by atoms with Gasteiger partial charge in [-0.3, -0.25) is 4.79 Å². The summed E-state index contributed by atoms with van der Waals surface area (Å²) in [6.07, 6.45) is -2.83. The number of nitrogens with two attached hydrogens (primary N) is 2. The topological polar surface area (TPSA) is 104 Å². The van der Waals surface area contributed by atoms with E-state index in [1.165, 1.54) is 0 Å². The average Bonchev–Trinajstić information content (AvgIpc) is 2.28. The Kier molecular flexibility index (Phi) is 4.59. The third kappa shape index (κ3) is 4.02. The maximum absolute atomic E-state index is 12.5. The van der Waals surface area contributed by atoms with Gasteiger partial charge >= 0.3 is 12.3 Å². The minimum atomic E-state index is -4.25. The molecule has 1 aromatic heterocycles. The van der Waals surface area contributed by atoms with Gasteiger partial charge in [0, 0.05) is 6.20 Å². The van der Waals surface area contributed by atoms with Gasteiger partial charge in [-0.15, -0.1) is 0 Å². The Morgan fingerprint density at radius 2 is 2.11 bits per heavy atom. The van der Waals surface area contributed by atoms with Gasteiger partial charge in [0.25, 0.3) is 5.91 Å². The molecule has 0 spiro atoms. The van der Waals surface area contributed by atoms with Crippen molar-refractivity contribution in [3.05, 3.63) is 17.6 Å². The van der Waals surface area contributed by atoms with Crippen LogP contribution in [-0.2, 0) is 11.3 Å². The molecule has 19 heavy (non-hydrogen) atoms. The Balaban J connectivity index is 2.60. The van der Waals surface area contributed by atoms with Crippen molar-refractivity contribution in [2.45, 2.75) is 19.0 Å². The van der Waals surface area contributed by atoms with Crippen molar-refractivity contribution in [3.63, 3.8) is 0 Å². The highest BCUT2D eigenvalue weighted by molar-refractivity contribution is 5.96. The number of halogens is 4. The summed E-state index contributed by atoms with van der Waals surface area (Å²) >= 11 is 0. The first-order valence-corrected chi connectivity index (χ1v) is 4.89. The van der Waals surface area contributed by atoms with Crippen molar-refractivity contribution >= 4 is 11.7 Å². The average molecular weight is 282 g/mol. The standard InChI is InChI=1S/C9H10F4N4O2/c10-8(11)9(12,13)3-19-2-5-16-1-4(7(15)18)6(14)17-5/h1,8H,2-3H2,(H2,15,18)(H2,14,16,17). The number of anilines is 1. The molecule has 0 aliphatic heterocycles. The quantitative estimate of drug-likeness (QED) is 0.742. The van der Waals surface area contributed by atoms with Gasteiger partial charge in [0.1, 0.15) is 19.0 Å². The predicted molar refractivity (Wildman–Crippen MR) is 55.6 cm³/mol. The van der Waals surface area contributed by atoms with Crippen LogP contribution in [0.25, 0.3) is 0 Å². The molecule has 0 fully saturated rings. The number of carbonyl (C=O) groups excluding carboxylic acids is 1. The molecular formula is C9H10F4N4O2. The number of nitrogens with zero attached hydrogens (tertiary/aromatic N) is 2. The van der Waals surface area contributed by atoms with Gasteiger partial charge in [-0.05, 0) is 0 Å². The third-order valence-electron chi connectivity index (χ3n) is 1.98. The molecule has 0 aromatic carbocycles. The van der Waals surface area contributed by atoms with Gasteiger partial charge < -0.3 is 16.2 Å². The van der Waals surface area contributed by atoms with Crippen molar-refractivity contribution in [2.75, 3.05) is 12.3 Å². The van der Waals surface area contributed by atoms with Gasteiger partial charge in [0.2, 0.25) is 0 Å². The lowest BCUT2D eigenvalue weighted by Gasteiger charge is -2.14. The number of carbonyl (C=O) groups is 1. The summed E-state index contributed by atoms with van der Waals surface area (Å²) in [7, 11) is 0. The van der Waals surface area contributed by atoms with Crippen LogP contribution in [0.5, 0.6) is 0 Å². The summed E-state index contributed by atoms with van der Waals surface area (Å²) < 4.78 is 53.0. The normalized spacial score (nSPS) is 11.8. The van der Waals surface area contributed by atoms with Crippen molar-refractivity contribution in [1.82, 2.24) is 9.97 Å². The minimum Gasteiger partial charge on any atom is -0.383 e. The second kappa shape index (κ2) is 5.78. The fourth-order valence-electron chi connectivity index (χ4n) is 1.03. The number of nitrogen functional groups attached to an aromatic ring is 1. The molecule has 0 saturated heterocycles. The molecule has 0 aliphatic carbocycles. The second-order valence-electron chi connectivity index (χ2n) is 3.50. The van der Waals surface area contributed by atoms with E-state index < -0.39 is 31.5 Å². The van der Waals surface area contributed by atoms with E-state index in [4.69, 9.17) is 11.5 Å². The molecule has 0 bridgehead atoms. The number of aromatic nitrogens is 2. The molecule has 10 heteroatoms. The number of amides is 1. The van der Waals surface area contributed by atoms with E-state index in [1.54, 1.807) is 0 Å². The monoisotopic (exact) mass is 282 g/mol. The molecule has 1 amide bonds. The summed E-state index contributed by atoms with van der Waals surface area (Å²) in [4.78, 5) is 17.9. The maximum Gasteiger partial charge on any atom is 0.330 e. The molecule has 1 heterocycles. The van der Waals surface area contributed by atoms with E-state index in [1.807, 2.05) is 0 Å². The lowest BCUT2D eigenvalue weighted by atomic mass is 10.3. The first kappa shape index (κ1) is 15.1. The van der Waals surface area contributed by atoms with E-state index >= 15 is 0 Å². The van der Waals surface area contributed by atoms with Gasteiger partial charge in [0.05, 0.1) is 5.56 Å². The van der Waals surface area contributed by atoms with Crippen LogP contribution in [0, 0.1) is 0 Å². The zero-order valence-electron chi connectivity index (χ0n) is 9.45.